The number of aryl methyl sites for hydroxylation is 1. The second-order valence-electron chi connectivity index (χ2n) is 6.97. The summed E-state index contributed by atoms with van der Waals surface area (Å²) in [6, 6.07) is 15.4. The SMILES string of the molecule is CCc1ccc2c(CN(C)C[C@H]3COc4ccccc4O3)cc(=O)oc2c1. The summed E-state index contributed by atoms with van der Waals surface area (Å²) in [7, 11) is 2.02. The molecule has 1 atom stereocenters. The van der Waals surface area contributed by atoms with Gasteiger partial charge in [0.1, 0.15) is 18.3 Å². The summed E-state index contributed by atoms with van der Waals surface area (Å²) in [5.41, 5.74) is 2.45. The Labute approximate surface area is 158 Å². The second-order valence-corrected chi connectivity index (χ2v) is 6.97. The molecule has 1 aliphatic heterocycles. The van der Waals surface area contributed by atoms with Crippen molar-refractivity contribution in [2.45, 2.75) is 26.0 Å². The number of para-hydroxylation sites is 2. The van der Waals surface area contributed by atoms with E-state index in [0.29, 0.717) is 25.3 Å². The van der Waals surface area contributed by atoms with Crippen molar-refractivity contribution < 1.29 is 13.9 Å². The lowest BCUT2D eigenvalue weighted by Crippen LogP contribution is -2.39. The maximum Gasteiger partial charge on any atom is 0.336 e. The Kier molecular flexibility index (Phi) is 4.86. The van der Waals surface area contributed by atoms with Crippen molar-refractivity contribution in [1.29, 1.82) is 0 Å². The van der Waals surface area contributed by atoms with E-state index in [0.717, 1.165) is 34.4 Å². The molecule has 0 saturated heterocycles. The molecule has 140 valence electrons. The standard InChI is InChI=1S/C22H23NO4/c1-3-15-8-9-18-16(11-22(24)27-21(18)10-15)12-23(2)13-17-14-25-19-6-4-5-7-20(19)26-17/h4-11,17H,3,12-14H2,1-2H3/t17-/m0/s1. The molecular weight excluding hydrogens is 342 g/mol. The van der Waals surface area contributed by atoms with Crippen molar-refractivity contribution in [3.63, 3.8) is 0 Å². The largest absolute Gasteiger partial charge is 0.486 e. The molecule has 0 saturated carbocycles. The minimum Gasteiger partial charge on any atom is -0.486 e. The minimum absolute atomic E-state index is 0.0528. The average molecular weight is 365 g/mol. The number of benzene rings is 2. The first-order valence-electron chi connectivity index (χ1n) is 9.25. The van der Waals surface area contributed by atoms with Crippen LogP contribution < -0.4 is 15.1 Å². The van der Waals surface area contributed by atoms with Gasteiger partial charge in [-0.15, -0.1) is 0 Å². The maximum atomic E-state index is 12.0. The first kappa shape index (κ1) is 17.6. The molecule has 0 unspecified atom stereocenters. The van der Waals surface area contributed by atoms with E-state index in [2.05, 4.69) is 17.9 Å². The molecule has 3 aromatic rings. The van der Waals surface area contributed by atoms with E-state index in [1.54, 1.807) is 6.07 Å². The van der Waals surface area contributed by atoms with Crippen molar-refractivity contribution in [2.75, 3.05) is 20.2 Å². The minimum atomic E-state index is -0.315. The number of hydrogen-bond acceptors (Lipinski definition) is 5. The van der Waals surface area contributed by atoms with Gasteiger partial charge in [0.05, 0.1) is 0 Å². The smallest absolute Gasteiger partial charge is 0.336 e. The van der Waals surface area contributed by atoms with Crippen LogP contribution in [0.3, 0.4) is 0 Å². The molecule has 0 bridgehead atoms. The molecule has 1 aromatic heterocycles. The van der Waals surface area contributed by atoms with E-state index in [4.69, 9.17) is 13.9 Å². The quantitative estimate of drug-likeness (QED) is 0.646. The fraction of sp³-hybridized carbons (Fsp3) is 0.318. The van der Waals surface area contributed by atoms with Gasteiger partial charge >= 0.3 is 5.63 Å². The molecule has 2 heterocycles. The highest BCUT2D eigenvalue weighted by Crippen LogP contribution is 2.31. The summed E-state index contributed by atoms with van der Waals surface area (Å²) in [4.78, 5) is 14.1. The molecule has 0 aliphatic carbocycles. The van der Waals surface area contributed by atoms with Crippen molar-refractivity contribution in [2.24, 2.45) is 0 Å². The van der Waals surface area contributed by atoms with Gasteiger partial charge in [-0.25, -0.2) is 4.79 Å². The monoisotopic (exact) mass is 365 g/mol. The van der Waals surface area contributed by atoms with Crippen LogP contribution in [0.2, 0.25) is 0 Å². The van der Waals surface area contributed by atoms with Gasteiger partial charge in [-0.1, -0.05) is 31.2 Å². The summed E-state index contributed by atoms with van der Waals surface area (Å²) in [5.74, 6) is 1.56. The summed E-state index contributed by atoms with van der Waals surface area (Å²) in [6.07, 6.45) is 0.854. The van der Waals surface area contributed by atoms with Crippen molar-refractivity contribution in [3.8, 4) is 11.5 Å². The van der Waals surface area contributed by atoms with Crippen LogP contribution in [0.1, 0.15) is 18.1 Å². The second kappa shape index (κ2) is 7.45. The van der Waals surface area contributed by atoms with Crippen LogP contribution in [0.5, 0.6) is 11.5 Å². The first-order chi connectivity index (χ1) is 13.1. The number of fused-ring (bicyclic) bond motifs is 2. The first-order valence-corrected chi connectivity index (χ1v) is 9.25. The summed E-state index contributed by atoms with van der Waals surface area (Å²) in [6.45, 7) is 3.93. The molecule has 0 N–H and O–H groups in total. The number of likely N-dealkylation sites (N-methyl/N-ethyl adjacent to an activating group) is 1. The van der Waals surface area contributed by atoms with E-state index >= 15 is 0 Å². The predicted molar refractivity (Wildman–Crippen MR) is 105 cm³/mol. The zero-order valence-electron chi connectivity index (χ0n) is 15.6. The third-order valence-electron chi connectivity index (χ3n) is 4.83. The third-order valence-corrected chi connectivity index (χ3v) is 4.83. The molecular formula is C22H23NO4. The number of nitrogens with zero attached hydrogens (tertiary/aromatic N) is 1. The fourth-order valence-corrected chi connectivity index (χ4v) is 3.48. The van der Waals surface area contributed by atoms with Gasteiger partial charge in [0, 0.05) is 24.5 Å². The van der Waals surface area contributed by atoms with E-state index in [-0.39, 0.29) is 11.7 Å². The zero-order valence-corrected chi connectivity index (χ0v) is 15.6. The van der Waals surface area contributed by atoms with Crippen LogP contribution in [0.4, 0.5) is 0 Å². The molecule has 0 amide bonds. The summed E-state index contributed by atoms with van der Waals surface area (Å²) < 4.78 is 17.2. The van der Waals surface area contributed by atoms with Gasteiger partial charge < -0.3 is 13.9 Å². The Morgan fingerprint density at radius 1 is 1.11 bits per heavy atom. The van der Waals surface area contributed by atoms with E-state index in [1.807, 2.05) is 43.4 Å². The van der Waals surface area contributed by atoms with Crippen LogP contribution >= 0.6 is 0 Å². The Hall–Kier alpha value is -2.79. The normalized spacial score (nSPS) is 16.0. The number of rotatable bonds is 5. The Morgan fingerprint density at radius 2 is 1.93 bits per heavy atom. The highest BCUT2D eigenvalue weighted by molar-refractivity contribution is 5.80. The van der Waals surface area contributed by atoms with Crippen LogP contribution in [0, 0.1) is 0 Å². The molecule has 27 heavy (non-hydrogen) atoms. The molecule has 5 heteroatoms. The van der Waals surface area contributed by atoms with Gasteiger partial charge in [-0.3, -0.25) is 4.90 Å². The Balaban J connectivity index is 1.50. The lowest BCUT2D eigenvalue weighted by atomic mass is 10.1. The predicted octanol–water partition coefficient (Wildman–Crippen LogP) is 3.63. The van der Waals surface area contributed by atoms with Crippen LogP contribution in [-0.2, 0) is 13.0 Å². The molecule has 4 rings (SSSR count). The van der Waals surface area contributed by atoms with E-state index in [1.165, 1.54) is 0 Å². The lowest BCUT2D eigenvalue weighted by Gasteiger charge is -2.29. The highest BCUT2D eigenvalue weighted by Gasteiger charge is 2.22. The Morgan fingerprint density at radius 3 is 2.74 bits per heavy atom. The zero-order chi connectivity index (χ0) is 18.8. The molecule has 0 spiro atoms. The van der Waals surface area contributed by atoms with Crippen LogP contribution in [0.15, 0.2) is 57.7 Å². The maximum absolute atomic E-state index is 12.0. The van der Waals surface area contributed by atoms with Gasteiger partial charge in [-0.05, 0) is 42.8 Å². The van der Waals surface area contributed by atoms with Gasteiger partial charge in [-0.2, -0.15) is 0 Å². The fourth-order valence-electron chi connectivity index (χ4n) is 3.48. The topological polar surface area (TPSA) is 51.9 Å². The van der Waals surface area contributed by atoms with Crippen molar-refractivity contribution in [1.82, 2.24) is 4.90 Å². The highest BCUT2D eigenvalue weighted by atomic mass is 16.6. The van der Waals surface area contributed by atoms with Crippen LogP contribution in [-0.4, -0.2) is 31.2 Å². The van der Waals surface area contributed by atoms with Crippen molar-refractivity contribution >= 4 is 11.0 Å². The van der Waals surface area contributed by atoms with Gasteiger partial charge in [0.15, 0.2) is 11.5 Å². The number of hydrogen-bond donors (Lipinski definition) is 0. The summed E-state index contributed by atoms with van der Waals surface area (Å²) >= 11 is 0. The molecule has 0 radical (unpaired) electrons. The van der Waals surface area contributed by atoms with Crippen LogP contribution in [0.25, 0.3) is 11.0 Å². The Bertz CT molecular complexity index is 1010. The third kappa shape index (κ3) is 3.83. The van der Waals surface area contributed by atoms with Gasteiger partial charge in [0.25, 0.3) is 0 Å². The average Bonchev–Trinajstić information content (AvgIpc) is 2.67. The number of ether oxygens (including phenoxy) is 2. The molecule has 5 nitrogen and oxygen atoms in total. The molecule has 0 fully saturated rings. The summed E-state index contributed by atoms with van der Waals surface area (Å²) in [5, 5.41) is 0.977. The van der Waals surface area contributed by atoms with Crippen molar-refractivity contribution in [3.05, 3.63) is 70.1 Å². The van der Waals surface area contributed by atoms with E-state index in [9.17, 15) is 4.79 Å². The molecule has 1 aliphatic rings. The lowest BCUT2D eigenvalue weighted by molar-refractivity contribution is 0.0639. The molecule has 2 aromatic carbocycles. The van der Waals surface area contributed by atoms with Gasteiger partial charge in [0.2, 0.25) is 0 Å². The van der Waals surface area contributed by atoms with E-state index < -0.39 is 0 Å².